The molecule has 0 unspecified atom stereocenters. The lowest BCUT2D eigenvalue weighted by atomic mass is 9.95. The van der Waals surface area contributed by atoms with E-state index in [1.807, 2.05) is 0 Å². The van der Waals surface area contributed by atoms with Gasteiger partial charge < -0.3 is 10.6 Å². The fraction of sp³-hybridized carbons (Fsp3) is 0.500. The van der Waals surface area contributed by atoms with E-state index in [9.17, 15) is 13.6 Å². The normalized spacial score (nSPS) is 16.3. The lowest BCUT2D eigenvalue weighted by molar-refractivity contribution is -0.115. The summed E-state index contributed by atoms with van der Waals surface area (Å²) < 4.78 is 25.7. The van der Waals surface area contributed by atoms with Gasteiger partial charge in [-0.1, -0.05) is 19.3 Å². The van der Waals surface area contributed by atoms with Crippen LogP contribution in [0.1, 0.15) is 32.1 Å². The molecule has 1 fully saturated rings. The molecule has 19 heavy (non-hydrogen) atoms. The first-order valence-corrected chi connectivity index (χ1v) is 6.63. The predicted molar refractivity (Wildman–Crippen MR) is 69.9 cm³/mol. The predicted octanol–water partition coefficient (Wildman–Crippen LogP) is 2.83. The lowest BCUT2D eigenvalue weighted by Gasteiger charge is -2.22. The van der Waals surface area contributed by atoms with Crippen molar-refractivity contribution >= 4 is 11.6 Å². The highest BCUT2D eigenvalue weighted by Crippen LogP contribution is 2.17. The molecular weight excluding hydrogens is 250 g/mol. The van der Waals surface area contributed by atoms with Crippen LogP contribution in [-0.2, 0) is 4.79 Å². The molecule has 0 heterocycles. The number of amides is 1. The van der Waals surface area contributed by atoms with Crippen LogP contribution in [-0.4, -0.2) is 18.5 Å². The summed E-state index contributed by atoms with van der Waals surface area (Å²) in [4.78, 5) is 11.7. The summed E-state index contributed by atoms with van der Waals surface area (Å²) in [6, 6.07) is 3.72. The Morgan fingerprint density at radius 1 is 1.16 bits per heavy atom. The number of benzene rings is 1. The van der Waals surface area contributed by atoms with Gasteiger partial charge in [0, 0.05) is 17.8 Å². The third-order valence-electron chi connectivity index (χ3n) is 3.36. The van der Waals surface area contributed by atoms with Crippen molar-refractivity contribution in [3.63, 3.8) is 0 Å². The molecule has 2 rings (SSSR count). The summed E-state index contributed by atoms with van der Waals surface area (Å²) >= 11 is 0. The van der Waals surface area contributed by atoms with Gasteiger partial charge in [0.2, 0.25) is 5.91 Å². The smallest absolute Gasteiger partial charge is 0.238 e. The molecule has 1 aromatic rings. The van der Waals surface area contributed by atoms with E-state index in [0.29, 0.717) is 6.04 Å². The van der Waals surface area contributed by atoms with Crippen molar-refractivity contribution in [1.82, 2.24) is 5.32 Å². The van der Waals surface area contributed by atoms with E-state index in [2.05, 4.69) is 10.6 Å². The third-order valence-corrected chi connectivity index (χ3v) is 3.36. The van der Waals surface area contributed by atoms with E-state index >= 15 is 0 Å². The number of rotatable bonds is 4. The van der Waals surface area contributed by atoms with E-state index in [-0.39, 0.29) is 18.1 Å². The van der Waals surface area contributed by atoms with E-state index < -0.39 is 11.6 Å². The molecule has 0 aromatic heterocycles. The van der Waals surface area contributed by atoms with Crippen LogP contribution in [0.5, 0.6) is 0 Å². The molecular formula is C14H18F2N2O. The molecule has 1 aromatic carbocycles. The molecule has 0 spiro atoms. The van der Waals surface area contributed by atoms with Gasteiger partial charge in [0.05, 0.1) is 6.54 Å². The third kappa shape index (κ3) is 4.28. The van der Waals surface area contributed by atoms with Crippen LogP contribution < -0.4 is 10.6 Å². The van der Waals surface area contributed by atoms with Gasteiger partial charge in [-0.3, -0.25) is 4.79 Å². The highest BCUT2D eigenvalue weighted by Gasteiger charge is 2.14. The number of hydrogen-bond acceptors (Lipinski definition) is 2. The van der Waals surface area contributed by atoms with Crippen molar-refractivity contribution in [2.75, 3.05) is 11.9 Å². The molecule has 3 nitrogen and oxygen atoms in total. The molecule has 1 amide bonds. The maximum Gasteiger partial charge on any atom is 0.238 e. The Bertz CT molecular complexity index is 445. The van der Waals surface area contributed by atoms with Gasteiger partial charge in [-0.15, -0.1) is 0 Å². The first-order valence-electron chi connectivity index (χ1n) is 6.63. The van der Waals surface area contributed by atoms with Crippen molar-refractivity contribution in [2.24, 2.45) is 0 Å². The van der Waals surface area contributed by atoms with Gasteiger partial charge in [0.1, 0.15) is 0 Å². The summed E-state index contributed by atoms with van der Waals surface area (Å²) in [5, 5.41) is 5.73. The monoisotopic (exact) mass is 268 g/mol. The van der Waals surface area contributed by atoms with Crippen LogP contribution in [0.25, 0.3) is 0 Å². The average Bonchev–Trinajstić information content (AvgIpc) is 2.42. The zero-order valence-electron chi connectivity index (χ0n) is 10.7. The zero-order valence-corrected chi connectivity index (χ0v) is 10.7. The van der Waals surface area contributed by atoms with Crippen molar-refractivity contribution < 1.29 is 13.6 Å². The molecule has 0 saturated heterocycles. The maximum atomic E-state index is 13.0. The molecule has 1 saturated carbocycles. The minimum absolute atomic E-state index is 0.198. The van der Waals surface area contributed by atoms with Gasteiger partial charge in [-0.05, 0) is 25.0 Å². The highest BCUT2D eigenvalue weighted by atomic mass is 19.2. The van der Waals surface area contributed by atoms with Crippen LogP contribution in [0.4, 0.5) is 14.5 Å². The van der Waals surface area contributed by atoms with E-state index in [1.165, 1.54) is 25.3 Å². The van der Waals surface area contributed by atoms with Crippen molar-refractivity contribution in [3.8, 4) is 0 Å². The highest BCUT2D eigenvalue weighted by molar-refractivity contribution is 5.92. The molecule has 2 N–H and O–H groups in total. The molecule has 0 bridgehead atoms. The molecule has 0 radical (unpaired) electrons. The summed E-state index contributed by atoms with van der Waals surface area (Å²) in [5.74, 6) is -2.12. The Morgan fingerprint density at radius 3 is 2.58 bits per heavy atom. The Hall–Kier alpha value is -1.49. The molecule has 104 valence electrons. The largest absolute Gasteiger partial charge is 0.325 e. The molecule has 0 aliphatic heterocycles. The van der Waals surface area contributed by atoms with Crippen LogP contribution >= 0.6 is 0 Å². The number of anilines is 1. The van der Waals surface area contributed by atoms with Crippen molar-refractivity contribution in [3.05, 3.63) is 29.8 Å². The summed E-state index contributed by atoms with van der Waals surface area (Å²) in [7, 11) is 0. The van der Waals surface area contributed by atoms with Gasteiger partial charge in [0.15, 0.2) is 11.6 Å². The Morgan fingerprint density at radius 2 is 1.89 bits per heavy atom. The fourth-order valence-corrected chi connectivity index (χ4v) is 2.32. The first-order chi connectivity index (χ1) is 9.15. The minimum atomic E-state index is -0.960. The second-order valence-electron chi connectivity index (χ2n) is 4.89. The van der Waals surface area contributed by atoms with E-state index in [1.54, 1.807) is 0 Å². The second kappa shape index (κ2) is 6.61. The number of carbonyl (C=O) groups excluding carboxylic acids is 1. The SMILES string of the molecule is O=C(CNC1CCCCC1)Nc1ccc(F)c(F)c1. The maximum absolute atomic E-state index is 13.0. The molecule has 1 aliphatic rings. The number of carbonyl (C=O) groups is 1. The Labute approximate surface area is 111 Å². The Kier molecular flexibility index (Phi) is 4.85. The summed E-state index contributed by atoms with van der Waals surface area (Å²) in [6.07, 6.45) is 5.85. The van der Waals surface area contributed by atoms with Gasteiger partial charge in [-0.2, -0.15) is 0 Å². The van der Waals surface area contributed by atoms with Gasteiger partial charge in [-0.25, -0.2) is 8.78 Å². The van der Waals surface area contributed by atoms with Crippen LogP contribution in [0.2, 0.25) is 0 Å². The molecule has 1 aliphatic carbocycles. The van der Waals surface area contributed by atoms with Crippen molar-refractivity contribution in [1.29, 1.82) is 0 Å². The quantitative estimate of drug-likeness (QED) is 0.881. The first kappa shape index (κ1) is 13.9. The van der Waals surface area contributed by atoms with E-state index in [0.717, 1.165) is 25.0 Å². The lowest BCUT2D eigenvalue weighted by Crippen LogP contribution is -2.37. The summed E-state index contributed by atoms with van der Waals surface area (Å²) in [5.41, 5.74) is 0.273. The van der Waals surface area contributed by atoms with Gasteiger partial charge >= 0.3 is 0 Å². The average molecular weight is 268 g/mol. The van der Waals surface area contributed by atoms with E-state index in [4.69, 9.17) is 0 Å². The Balaban J connectivity index is 1.78. The number of nitrogens with one attached hydrogen (secondary N) is 2. The van der Waals surface area contributed by atoms with Crippen LogP contribution in [0.3, 0.4) is 0 Å². The second-order valence-corrected chi connectivity index (χ2v) is 4.89. The standard InChI is InChI=1S/C14H18F2N2O/c15-12-7-6-11(8-13(12)16)18-14(19)9-17-10-4-2-1-3-5-10/h6-8,10,17H,1-5,9H2,(H,18,19). The zero-order chi connectivity index (χ0) is 13.7. The summed E-state index contributed by atoms with van der Waals surface area (Å²) in [6.45, 7) is 0.198. The molecule has 5 heteroatoms. The minimum Gasteiger partial charge on any atom is -0.325 e. The molecule has 0 atom stereocenters. The van der Waals surface area contributed by atoms with Gasteiger partial charge in [0.25, 0.3) is 0 Å². The van der Waals surface area contributed by atoms with Crippen molar-refractivity contribution in [2.45, 2.75) is 38.1 Å². The van der Waals surface area contributed by atoms with Crippen LogP contribution in [0, 0.1) is 11.6 Å². The number of hydrogen-bond donors (Lipinski definition) is 2. The fourth-order valence-electron chi connectivity index (χ4n) is 2.32. The topological polar surface area (TPSA) is 41.1 Å². The van der Waals surface area contributed by atoms with Crippen LogP contribution in [0.15, 0.2) is 18.2 Å². The number of halogens is 2.